The first kappa shape index (κ1) is 15.2. The number of rotatable bonds is 5. The third-order valence-corrected chi connectivity index (χ3v) is 5.04. The van der Waals surface area contributed by atoms with Crippen molar-refractivity contribution in [3.05, 3.63) is 46.2 Å². The number of nitrogens with one attached hydrogen (secondary N) is 1. The largest absolute Gasteiger partial charge is 0.366 e. The van der Waals surface area contributed by atoms with Crippen molar-refractivity contribution in [2.75, 3.05) is 4.72 Å². The number of primary amides is 1. The van der Waals surface area contributed by atoms with Gasteiger partial charge in [0.2, 0.25) is 5.91 Å². The Hall–Kier alpha value is -2.19. The number of hydrogen-bond donors (Lipinski definition) is 2. The van der Waals surface area contributed by atoms with Crippen LogP contribution in [-0.2, 0) is 10.0 Å². The molecule has 2 rings (SSSR count). The lowest BCUT2D eigenvalue weighted by Gasteiger charge is -2.08. The van der Waals surface area contributed by atoms with Crippen molar-refractivity contribution in [3.63, 3.8) is 0 Å². The van der Waals surface area contributed by atoms with E-state index >= 15 is 0 Å². The highest BCUT2D eigenvalue weighted by Gasteiger charge is 2.19. The van der Waals surface area contributed by atoms with Crippen LogP contribution in [0.5, 0.6) is 0 Å². The first-order chi connectivity index (χ1) is 9.81. The van der Waals surface area contributed by atoms with Gasteiger partial charge in [0.05, 0.1) is 15.5 Å². The Morgan fingerprint density at radius 3 is 2.57 bits per heavy atom. The van der Waals surface area contributed by atoms with Gasteiger partial charge < -0.3 is 5.73 Å². The lowest BCUT2D eigenvalue weighted by molar-refractivity contribution is 0.0996. The van der Waals surface area contributed by atoms with Gasteiger partial charge in [-0.05, 0) is 29.6 Å². The van der Waals surface area contributed by atoms with E-state index in [1.54, 1.807) is 5.38 Å². The van der Waals surface area contributed by atoms with Crippen LogP contribution in [0, 0.1) is 0 Å². The molecule has 0 spiro atoms. The second-order valence-electron chi connectivity index (χ2n) is 4.22. The van der Waals surface area contributed by atoms with E-state index in [9.17, 15) is 18.0 Å². The highest BCUT2D eigenvalue weighted by molar-refractivity contribution is 7.92. The lowest BCUT2D eigenvalue weighted by atomic mass is 10.2. The molecule has 0 bridgehead atoms. The van der Waals surface area contributed by atoms with Gasteiger partial charge in [-0.1, -0.05) is 6.07 Å². The molecular formula is C13H12N2O4S2. The molecule has 0 saturated carbocycles. The summed E-state index contributed by atoms with van der Waals surface area (Å²) in [7, 11) is -3.90. The Balaban J connectivity index is 2.39. The van der Waals surface area contributed by atoms with Gasteiger partial charge in [-0.15, -0.1) is 11.3 Å². The molecule has 1 aromatic heterocycles. The van der Waals surface area contributed by atoms with Gasteiger partial charge in [-0.25, -0.2) is 8.42 Å². The van der Waals surface area contributed by atoms with Gasteiger partial charge >= 0.3 is 0 Å². The standard InChI is InChI=1S/C13H12N2O4S2/c1-8(16)12-11(5-6-20-12)15-21(18,19)10-4-2-3-9(7-10)13(14)17/h2-7,15H,1H3,(H2,14,17). The van der Waals surface area contributed by atoms with Crippen molar-refractivity contribution in [2.45, 2.75) is 11.8 Å². The van der Waals surface area contributed by atoms with Gasteiger partial charge in [0.25, 0.3) is 10.0 Å². The van der Waals surface area contributed by atoms with Crippen molar-refractivity contribution in [3.8, 4) is 0 Å². The highest BCUT2D eigenvalue weighted by atomic mass is 32.2. The Morgan fingerprint density at radius 1 is 1.24 bits per heavy atom. The zero-order valence-corrected chi connectivity index (χ0v) is 12.6. The molecule has 0 fully saturated rings. The number of thiophene rings is 1. The van der Waals surface area contributed by atoms with Crippen LogP contribution in [0.3, 0.4) is 0 Å². The SMILES string of the molecule is CC(=O)c1sccc1NS(=O)(=O)c1cccc(C(N)=O)c1. The second-order valence-corrected chi connectivity index (χ2v) is 6.82. The fraction of sp³-hybridized carbons (Fsp3) is 0.0769. The summed E-state index contributed by atoms with van der Waals surface area (Å²) in [5.41, 5.74) is 5.44. The Bertz CT molecular complexity index is 809. The number of anilines is 1. The predicted octanol–water partition coefficient (Wildman–Crippen LogP) is 1.85. The molecule has 0 aliphatic heterocycles. The van der Waals surface area contributed by atoms with Crippen molar-refractivity contribution in [2.24, 2.45) is 5.73 Å². The first-order valence-electron chi connectivity index (χ1n) is 5.82. The number of Topliss-reactive ketones (excluding diaryl/α,β-unsaturated/α-hetero) is 1. The number of hydrogen-bond acceptors (Lipinski definition) is 5. The maximum Gasteiger partial charge on any atom is 0.261 e. The molecule has 1 amide bonds. The van der Waals surface area contributed by atoms with E-state index in [0.717, 1.165) is 11.3 Å². The molecule has 0 radical (unpaired) electrons. The van der Waals surface area contributed by atoms with Crippen LogP contribution in [0.25, 0.3) is 0 Å². The third kappa shape index (κ3) is 3.29. The Labute approximate surface area is 125 Å². The molecule has 6 nitrogen and oxygen atoms in total. The van der Waals surface area contributed by atoms with Crippen molar-refractivity contribution < 1.29 is 18.0 Å². The zero-order chi connectivity index (χ0) is 15.6. The second kappa shape index (κ2) is 5.66. The minimum atomic E-state index is -3.90. The summed E-state index contributed by atoms with van der Waals surface area (Å²) >= 11 is 1.15. The number of carbonyl (C=O) groups excluding carboxylic acids is 2. The van der Waals surface area contributed by atoms with E-state index in [4.69, 9.17) is 5.73 Å². The average Bonchev–Trinajstić information content (AvgIpc) is 2.86. The third-order valence-electron chi connectivity index (χ3n) is 2.66. The van der Waals surface area contributed by atoms with Gasteiger partial charge in [0.1, 0.15) is 0 Å². The molecule has 110 valence electrons. The Morgan fingerprint density at radius 2 is 1.95 bits per heavy atom. The molecule has 0 saturated heterocycles. The molecule has 0 atom stereocenters. The van der Waals surface area contributed by atoms with E-state index in [2.05, 4.69) is 4.72 Å². The zero-order valence-electron chi connectivity index (χ0n) is 11.0. The monoisotopic (exact) mass is 324 g/mol. The number of sulfonamides is 1. The summed E-state index contributed by atoms with van der Waals surface area (Å²) in [6.07, 6.45) is 0. The van der Waals surface area contributed by atoms with Crippen LogP contribution in [0.4, 0.5) is 5.69 Å². The highest BCUT2D eigenvalue weighted by Crippen LogP contribution is 2.25. The van der Waals surface area contributed by atoms with E-state index in [1.807, 2.05) is 0 Å². The number of amides is 1. The lowest BCUT2D eigenvalue weighted by Crippen LogP contribution is -2.16. The minimum absolute atomic E-state index is 0.0926. The summed E-state index contributed by atoms with van der Waals surface area (Å²) in [4.78, 5) is 22.7. The van der Waals surface area contributed by atoms with Crippen LogP contribution >= 0.6 is 11.3 Å². The van der Waals surface area contributed by atoms with Gasteiger partial charge in [0, 0.05) is 12.5 Å². The van der Waals surface area contributed by atoms with Crippen LogP contribution in [0.15, 0.2) is 40.6 Å². The van der Waals surface area contributed by atoms with Crippen LogP contribution in [0.2, 0.25) is 0 Å². The molecular weight excluding hydrogens is 312 g/mol. The Kier molecular flexibility index (Phi) is 4.10. The van der Waals surface area contributed by atoms with Crippen molar-refractivity contribution in [1.29, 1.82) is 0 Å². The predicted molar refractivity (Wildman–Crippen MR) is 80.1 cm³/mol. The molecule has 0 unspecified atom stereocenters. The van der Waals surface area contributed by atoms with E-state index in [1.165, 1.54) is 37.3 Å². The fourth-order valence-electron chi connectivity index (χ4n) is 1.68. The molecule has 3 N–H and O–H groups in total. The number of nitrogens with two attached hydrogens (primary N) is 1. The van der Waals surface area contributed by atoms with Gasteiger partial charge in [0.15, 0.2) is 5.78 Å². The minimum Gasteiger partial charge on any atom is -0.366 e. The molecule has 0 aliphatic rings. The number of benzene rings is 1. The molecule has 1 heterocycles. The van der Waals surface area contributed by atoms with Gasteiger partial charge in [-0.2, -0.15) is 0 Å². The summed E-state index contributed by atoms with van der Waals surface area (Å²) in [6, 6.07) is 6.89. The first-order valence-corrected chi connectivity index (χ1v) is 8.18. The van der Waals surface area contributed by atoms with E-state index in [0.29, 0.717) is 4.88 Å². The smallest absolute Gasteiger partial charge is 0.261 e. The van der Waals surface area contributed by atoms with Gasteiger partial charge in [-0.3, -0.25) is 14.3 Å². The topological polar surface area (TPSA) is 106 Å². The fourth-order valence-corrected chi connectivity index (χ4v) is 3.62. The van der Waals surface area contributed by atoms with Crippen molar-refractivity contribution >= 4 is 38.7 Å². The quantitative estimate of drug-likeness (QED) is 0.818. The number of ketones is 1. The molecule has 8 heteroatoms. The summed E-state index contributed by atoms with van der Waals surface area (Å²) in [5.74, 6) is -0.944. The van der Waals surface area contributed by atoms with E-state index in [-0.39, 0.29) is 21.9 Å². The van der Waals surface area contributed by atoms with Crippen molar-refractivity contribution in [1.82, 2.24) is 0 Å². The summed E-state index contributed by atoms with van der Waals surface area (Å²) in [5, 5.41) is 1.62. The van der Waals surface area contributed by atoms with Crippen LogP contribution < -0.4 is 10.5 Å². The van der Waals surface area contributed by atoms with Crippen LogP contribution in [0.1, 0.15) is 27.0 Å². The normalized spacial score (nSPS) is 11.1. The molecule has 0 aliphatic carbocycles. The molecule has 2 aromatic rings. The van der Waals surface area contributed by atoms with E-state index < -0.39 is 15.9 Å². The molecule has 21 heavy (non-hydrogen) atoms. The maximum atomic E-state index is 12.3. The summed E-state index contributed by atoms with van der Waals surface area (Å²) < 4.78 is 26.9. The summed E-state index contributed by atoms with van der Waals surface area (Å²) in [6.45, 7) is 1.36. The van der Waals surface area contributed by atoms with Crippen LogP contribution in [-0.4, -0.2) is 20.1 Å². The number of carbonyl (C=O) groups is 2. The maximum absolute atomic E-state index is 12.3. The average molecular weight is 324 g/mol. The molecule has 1 aromatic carbocycles.